The Balaban J connectivity index is 1.56. The Hall–Kier alpha value is -2.76. The van der Waals surface area contributed by atoms with Gasteiger partial charge in [0.25, 0.3) is 0 Å². The lowest BCUT2D eigenvalue weighted by Gasteiger charge is -2.28. The first-order valence-electron chi connectivity index (χ1n) is 9.41. The van der Waals surface area contributed by atoms with Gasteiger partial charge >= 0.3 is 0 Å². The number of hydrogen-bond acceptors (Lipinski definition) is 5. The summed E-state index contributed by atoms with van der Waals surface area (Å²) >= 11 is 0. The van der Waals surface area contributed by atoms with Crippen molar-refractivity contribution in [2.24, 2.45) is 0 Å². The van der Waals surface area contributed by atoms with Crippen molar-refractivity contribution in [3.63, 3.8) is 0 Å². The van der Waals surface area contributed by atoms with Gasteiger partial charge in [-0.05, 0) is 50.5 Å². The second-order valence-corrected chi connectivity index (χ2v) is 7.36. The van der Waals surface area contributed by atoms with Gasteiger partial charge < -0.3 is 19.5 Å². The molecule has 1 N–H and O–H groups in total. The molecule has 0 unspecified atom stereocenters. The van der Waals surface area contributed by atoms with E-state index in [1.807, 2.05) is 38.1 Å². The molecule has 2 aliphatic rings. The van der Waals surface area contributed by atoms with Gasteiger partial charge in [0, 0.05) is 6.07 Å². The molecule has 142 valence electrons. The molecule has 2 heterocycles. The van der Waals surface area contributed by atoms with E-state index in [2.05, 4.69) is 10.3 Å². The summed E-state index contributed by atoms with van der Waals surface area (Å²) in [5, 5.41) is 3.04. The van der Waals surface area contributed by atoms with Crippen LogP contribution in [0.1, 0.15) is 45.1 Å². The Bertz CT molecular complexity index is 827. The fourth-order valence-electron chi connectivity index (χ4n) is 3.84. The highest BCUT2D eigenvalue weighted by Gasteiger charge is 2.43. The van der Waals surface area contributed by atoms with Gasteiger partial charge in [0.05, 0.1) is 23.4 Å². The van der Waals surface area contributed by atoms with E-state index in [4.69, 9.17) is 14.2 Å². The van der Waals surface area contributed by atoms with E-state index in [-0.39, 0.29) is 18.8 Å². The van der Waals surface area contributed by atoms with Crippen molar-refractivity contribution in [1.29, 1.82) is 0 Å². The molecule has 1 aromatic heterocycles. The number of nitrogens with zero attached hydrogens (tertiary/aromatic N) is 1. The summed E-state index contributed by atoms with van der Waals surface area (Å²) in [4.78, 5) is 17.5. The predicted octanol–water partition coefficient (Wildman–Crippen LogP) is 4.05. The smallest absolute Gasteiger partial charge is 0.235 e. The van der Waals surface area contributed by atoms with Crippen LogP contribution in [-0.4, -0.2) is 23.8 Å². The number of anilines is 1. The second kappa shape index (κ2) is 7.10. The molecule has 6 heteroatoms. The van der Waals surface area contributed by atoms with Gasteiger partial charge in [-0.2, -0.15) is 0 Å². The largest absolute Gasteiger partial charge is 0.475 e. The molecule has 4 rings (SSSR count). The van der Waals surface area contributed by atoms with Crippen molar-refractivity contribution in [3.05, 3.63) is 42.1 Å². The van der Waals surface area contributed by atoms with Crippen LogP contribution < -0.4 is 19.5 Å². The Morgan fingerprint density at radius 3 is 2.63 bits per heavy atom. The maximum absolute atomic E-state index is 13.3. The van der Waals surface area contributed by atoms with Crippen LogP contribution in [0.4, 0.5) is 5.69 Å². The van der Waals surface area contributed by atoms with Crippen LogP contribution in [0.25, 0.3) is 0 Å². The van der Waals surface area contributed by atoms with E-state index in [9.17, 15) is 4.79 Å². The van der Waals surface area contributed by atoms with Crippen molar-refractivity contribution in [2.45, 2.75) is 51.0 Å². The predicted molar refractivity (Wildman–Crippen MR) is 101 cm³/mol. The number of carbonyl (C=O) groups excluding carboxylic acids is 1. The highest BCUT2D eigenvalue weighted by Crippen LogP contribution is 2.45. The molecule has 1 aliphatic heterocycles. The first kappa shape index (κ1) is 17.6. The molecule has 1 aliphatic carbocycles. The highest BCUT2D eigenvalue weighted by molar-refractivity contribution is 5.99. The van der Waals surface area contributed by atoms with Crippen molar-refractivity contribution in [2.75, 3.05) is 12.1 Å². The lowest BCUT2D eigenvalue weighted by atomic mass is 9.77. The van der Waals surface area contributed by atoms with Gasteiger partial charge in [-0.1, -0.05) is 18.9 Å². The normalized spacial score (nSPS) is 17.1. The molecule has 0 atom stereocenters. The summed E-state index contributed by atoms with van der Waals surface area (Å²) in [6, 6.07) is 9.42. The standard InChI is InChI=1S/C21H24N2O4/c1-14(2)27-19-8-6-16(12-22-19)23-20(24)21(9-3-4-10-21)15-5-7-17-18(11-15)26-13-25-17/h5-8,11-12,14H,3-4,9-10,13H2,1-2H3,(H,23,24). The number of aromatic nitrogens is 1. The third-order valence-electron chi connectivity index (χ3n) is 5.17. The summed E-state index contributed by atoms with van der Waals surface area (Å²) in [5.74, 6) is 1.99. The van der Waals surface area contributed by atoms with Gasteiger partial charge in [-0.3, -0.25) is 4.79 Å². The van der Waals surface area contributed by atoms with E-state index in [1.54, 1.807) is 12.3 Å². The van der Waals surface area contributed by atoms with Crippen molar-refractivity contribution in [3.8, 4) is 17.4 Å². The van der Waals surface area contributed by atoms with Gasteiger partial charge in [0.15, 0.2) is 11.5 Å². The zero-order valence-corrected chi connectivity index (χ0v) is 15.7. The Morgan fingerprint density at radius 1 is 1.15 bits per heavy atom. The number of fused-ring (bicyclic) bond motifs is 1. The van der Waals surface area contributed by atoms with E-state index in [0.29, 0.717) is 17.3 Å². The molecule has 0 radical (unpaired) electrons. The zero-order valence-electron chi connectivity index (χ0n) is 15.7. The van der Waals surface area contributed by atoms with Crippen molar-refractivity contribution in [1.82, 2.24) is 4.98 Å². The number of hydrogen-bond donors (Lipinski definition) is 1. The molecular weight excluding hydrogens is 344 g/mol. The molecule has 2 aromatic rings. The summed E-state index contributed by atoms with van der Waals surface area (Å²) in [7, 11) is 0. The molecule has 6 nitrogen and oxygen atoms in total. The van der Waals surface area contributed by atoms with Gasteiger partial charge in [-0.15, -0.1) is 0 Å². The van der Waals surface area contributed by atoms with Crippen LogP contribution in [0.2, 0.25) is 0 Å². The molecule has 0 saturated heterocycles. The number of ether oxygens (including phenoxy) is 3. The summed E-state index contributed by atoms with van der Waals surface area (Å²) in [6.45, 7) is 4.13. The lowest BCUT2D eigenvalue weighted by Crippen LogP contribution is -2.38. The average molecular weight is 368 g/mol. The summed E-state index contributed by atoms with van der Waals surface area (Å²) in [6.07, 6.45) is 5.40. The third kappa shape index (κ3) is 3.44. The Kier molecular flexibility index (Phi) is 4.64. The van der Waals surface area contributed by atoms with Crippen molar-refractivity contribution < 1.29 is 19.0 Å². The van der Waals surface area contributed by atoms with E-state index >= 15 is 0 Å². The molecule has 1 aromatic carbocycles. The molecule has 27 heavy (non-hydrogen) atoms. The summed E-state index contributed by atoms with van der Waals surface area (Å²) in [5.41, 5.74) is 1.10. The number of pyridine rings is 1. The highest BCUT2D eigenvalue weighted by atomic mass is 16.7. The van der Waals surface area contributed by atoms with Gasteiger partial charge in [0.2, 0.25) is 18.6 Å². The minimum absolute atomic E-state index is 0.00167. The second-order valence-electron chi connectivity index (χ2n) is 7.36. The Labute approximate surface area is 158 Å². The van der Waals surface area contributed by atoms with Crippen molar-refractivity contribution >= 4 is 11.6 Å². The fourth-order valence-corrected chi connectivity index (χ4v) is 3.84. The fraction of sp³-hybridized carbons (Fsp3) is 0.429. The molecule has 0 spiro atoms. The molecular formula is C21H24N2O4. The molecule has 1 saturated carbocycles. The zero-order chi connectivity index (χ0) is 18.9. The first-order chi connectivity index (χ1) is 13.1. The minimum atomic E-state index is -0.548. The average Bonchev–Trinajstić information content (AvgIpc) is 3.32. The molecule has 1 amide bonds. The SMILES string of the molecule is CC(C)Oc1ccc(NC(=O)C2(c3ccc4c(c3)OCO4)CCCC2)cn1. The first-order valence-corrected chi connectivity index (χ1v) is 9.41. The quantitative estimate of drug-likeness (QED) is 0.862. The Morgan fingerprint density at radius 2 is 1.93 bits per heavy atom. The number of carbonyl (C=O) groups is 1. The van der Waals surface area contributed by atoms with E-state index < -0.39 is 5.41 Å². The minimum Gasteiger partial charge on any atom is -0.475 e. The van der Waals surface area contributed by atoms with Crippen LogP contribution in [0.3, 0.4) is 0 Å². The lowest BCUT2D eigenvalue weighted by molar-refractivity contribution is -0.121. The monoisotopic (exact) mass is 368 g/mol. The number of benzene rings is 1. The number of amides is 1. The molecule has 0 bridgehead atoms. The van der Waals surface area contributed by atoms with E-state index in [0.717, 1.165) is 37.0 Å². The topological polar surface area (TPSA) is 69.7 Å². The third-order valence-corrected chi connectivity index (χ3v) is 5.17. The maximum Gasteiger partial charge on any atom is 0.235 e. The maximum atomic E-state index is 13.3. The van der Waals surface area contributed by atoms with Crippen LogP contribution in [0.15, 0.2) is 36.5 Å². The number of nitrogens with one attached hydrogen (secondary N) is 1. The molecule has 1 fully saturated rings. The number of rotatable bonds is 5. The van der Waals surface area contributed by atoms with Crippen LogP contribution in [0, 0.1) is 0 Å². The van der Waals surface area contributed by atoms with Crippen LogP contribution in [-0.2, 0) is 10.2 Å². The summed E-state index contributed by atoms with van der Waals surface area (Å²) < 4.78 is 16.5. The van der Waals surface area contributed by atoms with Crippen LogP contribution in [0.5, 0.6) is 17.4 Å². The van der Waals surface area contributed by atoms with Gasteiger partial charge in [-0.25, -0.2) is 4.98 Å². The van der Waals surface area contributed by atoms with E-state index in [1.165, 1.54) is 0 Å². The van der Waals surface area contributed by atoms with Crippen LogP contribution >= 0.6 is 0 Å². The van der Waals surface area contributed by atoms with Gasteiger partial charge in [0.1, 0.15) is 0 Å².